The molecule has 1 aromatic heterocycles. The van der Waals surface area contributed by atoms with Gasteiger partial charge < -0.3 is 9.47 Å². The first-order valence-corrected chi connectivity index (χ1v) is 34.0. The summed E-state index contributed by atoms with van der Waals surface area (Å²) in [7, 11) is 0. The minimum atomic E-state index is -0.0671. The topological polar surface area (TPSA) is 52.6 Å². The van der Waals surface area contributed by atoms with E-state index in [9.17, 15) is 9.59 Å². The van der Waals surface area contributed by atoms with Crippen LogP contribution in [0.25, 0.3) is 0 Å². The highest BCUT2D eigenvalue weighted by Gasteiger charge is 2.61. The van der Waals surface area contributed by atoms with Crippen molar-refractivity contribution in [3.8, 4) is 0 Å². The maximum Gasteiger partial charge on any atom is 0.306 e. The van der Waals surface area contributed by atoms with Crippen LogP contribution in [0.2, 0.25) is 0 Å². The normalized spacial score (nSPS) is 38.9. The van der Waals surface area contributed by atoms with Crippen molar-refractivity contribution in [2.24, 2.45) is 92.7 Å². The lowest BCUT2D eigenvalue weighted by atomic mass is 9.47. The lowest BCUT2D eigenvalue weighted by Crippen LogP contribution is -2.51. The van der Waals surface area contributed by atoms with Gasteiger partial charge in [-0.3, -0.25) is 9.59 Å². The smallest absolute Gasteiger partial charge is 0.306 e. The molecule has 0 saturated heterocycles. The van der Waals surface area contributed by atoms with Gasteiger partial charge in [0, 0.05) is 24.3 Å². The second-order valence-electron chi connectivity index (χ2n) is 27.5. The molecular weight excluding hydrogens is 981 g/mol. The number of esters is 2. The van der Waals surface area contributed by atoms with E-state index < -0.39 is 0 Å². The van der Waals surface area contributed by atoms with E-state index in [0.29, 0.717) is 35.2 Å². The fourth-order valence-electron chi connectivity index (χ4n) is 18.9. The van der Waals surface area contributed by atoms with Gasteiger partial charge in [0.1, 0.15) is 15.3 Å². The van der Waals surface area contributed by atoms with Crippen molar-refractivity contribution >= 4 is 70.4 Å². The molecule has 0 radical (unpaired) electrons. The van der Waals surface area contributed by atoms with Crippen molar-refractivity contribution in [2.45, 2.75) is 244 Å². The predicted octanol–water partition coefficient (Wildman–Crippen LogP) is 19.4. The molecule has 16 atom stereocenters. The molecule has 9 heteroatoms. The van der Waals surface area contributed by atoms with Gasteiger partial charge in [-0.2, -0.15) is 0 Å². The van der Waals surface area contributed by atoms with Gasteiger partial charge >= 0.3 is 11.9 Å². The Bertz CT molecular complexity index is 2020. The standard InChI is InChI=1S/C63H98O4S5/c1-39(2)13-11-15-41(5)49-21-23-51-47-19-17-43-37-45(25-31-60(43,7)53(47)27-33-62(49,51)9)66-55(64)29-35-69-57-58(72-59(68)71-57)70-36-30-56(65)67-46-26-32-61(8)44(38-46)18-20-48-52-24-22-50(42(6)16-12-14-40(3)4)63(52,10)34-28-54(48)61/h17-18,39-42,45-54H,11-16,19-38H2,1-10H3/t41-,42-,45?,46?,47+,48+,49-,50-,51+,52+,53+,54+,60+,61+,62-,63-/m1/s1. The largest absolute Gasteiger partial charge is 0.462 e. The molecule has 0 spiro atoms. The maximum atomic E-state index is 13.4. The van der Waals surface area contributed by atoms with Gasteiger partial charge in [-0.25, -0.2) is 0 Å². The van der Waals surface area contributed by atoms with Crippen molar-refractivity contribution in [3.05, 3.63) is 26.4 Å². The molecule has 4 nitrogen and oxygen atoms in total. The third kappa shape index (κ3) is 11.6. The van der Waals surface area contributed by atoms with Gasteiger partial charge in [-0.1, -0.05) is 143 Å². The maximum absolute atomic E-state index is 13.4. The number of hydrogen-bond acceptors (Lipinski definition) is 9. The van der Waals surface area contributed by atoms with Crippen LogP contribution in [0.4, 0.5) is 0 Å². The summed E-state index contributed by atoms with van der Waals surface area (Å²) in [5.41, 5.74) is 4.72. The molecule has 8 aliphatic carbocycles. The number of carbonyl (C=O) groups is 2. The minimum absolute atomic E-state index is 0.000430. The summed E-state index contributed by atoms with van der Waals surface area (Å²) in [6, 6.07) is 0. The molecule has 1 aromatic rings. The molecule has 2 unspecified atom stereocenters. The van der Waals surface area contributed by atoms with Crippen LogP contribution in [0.5, 0.6) is 0 Å². The number of carbonyl (C=O) groups excluding carboxylic acids is 2. The second-order valence-corrected chi connectivity index (χ2v) is 33.5. The number of rotatable bonds is 20. The predicted molar refractivity (Wildman–Crippen MR) is 310 cm³/mol. The van der Waals surface area contributed by atoms with E-state index in [0.717, 1.165) is 113 Å². The highest BCUT2D eigenvalue weighted by atomic mass is 32.2. The Labute approximate surface area is 460 Å². The Morgan fingerprint density at radius 3 is 1.40 bits per heavy atom. The van der Waals surface area contributed by atoms with Crippen molar-refractivity contribution in [3.63, 3.8) is 0 Å². The molecule has 6 saturated carbocycles. The van der Waals surface area contributed by atoms with Gasteiger partial charge in [0.2, 0.25) is 0 Å². The first-order valence-electron chi connectivity index (χ1n) is 30.0. The monoisotopic (exact) mass is 1080 g/mol. The molecule has 6 fully saturated rings. The van der Waals surface area contributed by atoms with Crippen LogP contribution in [-0.4, -0.2) is 35.7 Å². The Kier molecular flexibility index (Phi) is 18.2. The van der Waals surface area contributed by atoms with Crippen LogP contribution in [-0.2, 0) is 19.1 Å². The zero-order valence-corrected chi connectivity index (χ0v) is 50.9. The molecule has 9 rings (SSSR count). The summed E-state index contributed by atoms with van der Waals surface area (Å²) in [5.74, 6) is 11.3. The zero-order chi connectivity index (χ0) is 51.2. The number of thioether (sulfide) groups is 2. The molecule has 1 heterocycles. The fourth-order valence-corrected chi connectivity index (χ4v) is 25.0. The van der Waals surface area contributed by atoms with Crippen molar-refractivity contribution < 1.29 is 19.1 Å². The molecule has 0 amide bonds. The fraction of sp³-hybridized carbons (Fsp3) is 0.857. The van der Waals surface area contributed by atoms with E-state index in [1.54, 1.807) is 57.3 Å². The van der Waals surface area contributed by atoms with Crippen LogP contribution >= 0.6 is 58.4 Å². The Morgan fingerprint density at radius 1 is 0.583 bits per heavy atom. The number of hydrogen-bond donors (Lipinski definition) is 0. The molecule has 0 N–H and O–H groups in total. The number of fused-ring (bicyclic) bond motifs is 10. The van der Waals surface area contributed by atoms with Crippen LogP contribution in [0.3, 0.4) is 0 Å². The molecule has 404 valence electrons. The minimum Gasteiger partial charge on any atom is -0.462 e. The zero-order valence-electron chi connectivity index (χ0n) is 46.8. The van der Waals surface area contributed by atoms with Gasteiger partial charge in [-0.15, -0.1) is 46.2 Å². The van der Waals surface area contributed by atoms with Gasteiger partial charge in [0.15, 0.2) is 0 Å². The van der Waals surface area contributed by atoms with Gasteiger partial charge in [0.05, 0.1) is 21.3 Å². The summed E-state index contributed by atoms with van der Waals surface area (Å²) >= 11 is 12.4. The molecular formula is C63H98O4S5. The van der Waals surface area contributed by atoms with Crippen molar-refractivity contribution in [1.82, 2.24) is 0 Å². The van der Waals surface area contributed by atoms with Crippen LogP contribution in [0, 0.1) is 95.8 Å². The van der Waals surface area contributed by atoms with E-state index in [1.807, 2.05) is 0 Å². The van der Waals surface area contributed by atoms with E-state index >= 15 is 0 Å². The highest BCUT2D eigenvalue weighted by molar-refractivity contribution is 8.05. The first-order chi connectivity index (χ1) is 34.3. The Hall–Kier alpha value is -0.610. The third-order valence-corrected chi connectivity index (χ3v) is 28.3. The first kappa shape index (κ1) is 56.1. The Balaban J connectivity index is 0.693. The highest BCUT2D eigenvalue weighted by Crippen LogP contribution is 2.69. The summed E-state index contributed by atoms with van der Waals surface area (Å²) in [4.78, 5) is 26.7. The van der Waals surface area contributed by atoms with Gasteiger partial charge in [-0.05, 0) is 183 Å². The number of allylic oxidation sites excluding steroid dienone is 2. The molecule has 72 heavy (non-hydrogen) atoms. The molecule has 0 bridgehead atoms. The molecule has 0 aromatic carbocycles. The lowest BCUT2D eigenvalue weighted by molar-refractivity contribution is -0.152. The summed E-state index contributed by atoms with van der Waals surface area (Å²) in [6.45, 7) is 25.2. The lowest BCUT2D eigenvalue weighted by Gasteiger charge is -2.58. The Morgan fingerprint density at radius 2 is 1.00 bits per heavy atom. The van der Waals surface area contributed by atoms with E-state index in [-0.39, 0.29) is 35.0 Å². The van der Waals surface area contributed by atoms with Crippen LogP contribution < -0.4 is 0 Å². The van der Waals surface area contributed by atoms with E-state index in [4.69, 9.17) is 21.7 Å². The van der Waals surface area contributed by atoms with Crippen LogP contribution in [0.1, 0.15) is 223 Å². The summed E-state index contributed by atoms with van der Waals surface area (Å²) in [5, 5.41) is 0. The average molecular weight is 1080 g/mol. The average Bonchev–Trinajstić information content (AvgIpc) is 4.00. The van der Waals surface area contributed by atoms with Crippen molar-refractivity contribution in [1.29, 1.82) is 0 Å². The third-order valence-electron chi connectivity index (χ3n) is 22.7. The summed E-state index contributed by atoms with van der Waals surface area (Å²) in [6.07, 6.45) is 34.3. The second kappa shape index (κ2) is 23.4. The molecule has 8 aliphatic rings. The SMILES string of the molecule is CC(C)CCC[C@@H](C)[C@H]1CC[C@H]2[C@@H]3CC=C4CC(OC(=O)CCSc5sc(=S)sc5SCCC(=O)OC5CC[C@@]6(C)C(=CC[C@H]7[C@@H]8CC[C@H]([C@H](C)CCCC(C)C)[C@@]8(C)CC[C@@H]76)C5)CC[C@]4(C)[C@H]3CC[C@]12C. The summed E-state index contributed by atoms with van der Waals surface area (Å²) < 4.78 is 15.8. The van der Waals surface area contributed by atoms with Crippen LogP contribution in [0.15, 0.2) is 31.7 Å². The van der Waals surface area contributed by atoms with Crippen molar-refractivity contribution in [2.75, 3.05) is 11.5 Å². The van der Waals surface area contributed by atoms with Gasteiger partial charge in [0.25, 0.3) is 0 Å². The number of ether oxygens (including phenoxy) is 2. The molecule has 0 aliphatic heterocycles. The van der Waals surface area contributed by atoms with E-state index in [2.05, 4.69) is 81.4 Å². The quantitative estimate of drug-likeness (QED) is 0.0558. The van der Waals surface area contributed by atoms with E-state index in [1.165, 1.54) is 111 Å².